The maximum atomic E-state index is 12.0. The van der Waals surface area contributed by atoms with Gasteiger partial charge in [-0.25, -0.2) is 4.98 Å². The molecule has 0 bridgehead atoms. The van der Waals surface area contributed by atoms with Crippen LogP contribution in [0.5, 0.6) is 5.75 Å². The molecule has 0 aliphatic rings. The molecule has 2 aromatic rings. The molecule has 0 atom stereocenters. The number of hydrogen-bond donors (Lipinski definition) is 2. The van der Waals surface area contributed by atoms with E-state index in [9.17, 15) is 9.90 Å². The SMILES string of the molecule is CCc1cnc(CNC(=O)/C(C#N)=C/c2cccc(O)c2)s1. The Morgan fingerprint density at radius 2 is 2.36 bits per heavy atom. The molecule has 0 aliphatic carbocycles. The molecular formula is C16H15N3O2S. The van der Waals surface area contributed by atoms with E-state index < -0.39 is 5.91 Å². The first-order chi connectivity index (χ1) is 10.6. The molecule has 1 heterocycles. The van der Waals surface area contributed by atoms with Crippen LogP contribution >= 0.6 is 11.3 Å². The van der Waals surface area contributed by atoms with E-state index in [2.05, 4.69) is 10.3 Å². The van der Waals surface area contributed by atoms with E-state index in [0.29, 0.717) is 12.1 Å². The molecule has 5 nitrogen and oxygen atoms in total. The summed E-state index contributed by atoms with van der Waals surface area (Å²) in [6.45, 7) is 2.34. The van der Waals surface area contributed by atoms with E-state index in [1.165, 1.54) is 29.5 Å². The van der Waals surface area contributed by atoms with Crippen molar-refractivity contribution in [3.05, 3.63) is 51.5 Å². The first-order valence-electron chi connectivity index (χ1n) is 6.75. The molecule has 22 heavy (non-hydrogen) atoms. The van der Waals surface area contributed by atoms with Crippen molar-refractivity contribution in [1.82, 2.24) is 10.3 Å². The monoisotopic (exact) mass is 313 g/mol. The molecule has 112 valence electrons. The number of aryl methyl sites for hydroxylation is 1. The maximum Gasteiger partial charge on any atom is 0.262 e. The first kappa shape index (κ1) is 15.7. The van der Waals surface area contributed by atoms with Crippen LogP contribution in [0.1, 0.15) is 22.4 Å². The van der Waals surface area contributed by atoms with Crippen molar-refractivity contribution in [2.45, 2.75) is 19.9 Å². The number of hydrogen-bond acceptors (Lipinski definition) is 5. The molecule has 0 unspecified atom stereocenters. The molecule has 0 spiro atoms. The lowest BCUT2D eigenvalue weighted by atomic mass is 10.1. The fourth-order valence-electron chi connectivity index (χ4n) is 1.77. The maximum absolute atomic E-state index is 12.0. The Balaban J connectivity index is 2.04. The average molecular weight is 313 g/mol. The van der Waals surface area contributed by atoms with Crippen molar-refractivity contribution < 1.29 is 9.90 Å². The molecule has 1 amide bonds. The molecule has 2 N–H and O–H groups in total. The number of phenolic OH excluding ortho intramolecular Hbond substituents is 1. The number of nitrogens with zero attached hydrogens (tertiary/aromatic N) is 2. The molecule has 0 radical (unpaired) electrons. The number of carbonyl (C=O) groups excluding carboxylic acids is 1. The Kier molecular flexibility index (Phi) is 5.28. The van der Waals surface area contributed by atoms with Gasteiger partial charge in [0.2, 0.25) is 0 Å². The van der Waals surface area contributed by atoms with Gasteiger partial charge >= 0.3 is 0 Å². The summed E-state index contributed by atoms with van der Waals surface area (Å²) in [7, 11) is 0. The summed E-state index contributed by atoms with van der Waals surface area (Å²) in [5, 5.41) is 22.0. The van der Waals surface area contributed by atoms with E-state index in [4.69, 9.17) is 5.26 Å². The number of aromatic nitrogens is 1. The van der Waals surface area contributed by atoms with E-state index >= 15 is 0 Å². The summed E-state index contributed by atoms with van der Waals surface area (Å²) >= 11 is 1.54. The highest BCUT2D eigenvalue weighted by molar-refractivity contribution is 7.11. The zero-order valence-electron chi connectivity index (χ0n) is 12.0. The van der Waals surface area contributed by atoms with Gasteiger partial charge in [-0.2, -0.15) is 5.26 Å². The molecule has 0 fully saturated rings. The quantitative estimate of drug-likeness (QED) is 0.656. The Hall–Kier alpha value is -2.65. The lowest BCUT2D eigenvalue weighted by Crippen LogP contribution is -2.23. The van der Waals surface area contributed by atoms with Crippen LogP contribution in [0.3, 0.4) is 0 Å². The number of phenols is 1. The van der Waals surface area contributed by atoms with Gasteiger partial charge < -0.3 is 10.4 Å². The number of nitrogens with one attached hydrogen (secondary N) is 1. The summed E-state index contributed by atoms with van der Waals surface area (Å²) in [5.74, 6) is -0.375. The third-order valence-corrected chi connectivity index (χ3v) is 4.04. The number of benzene rings is 1. The number of carbonyl (C=O) groups is 1. The van der Waals surface area contributed by atoms with E-state index in [0.717, 1.165) is 16.3 Å². The second kappa shape index (κ2) is 7.38. The Bertz CT molecular complexity index is 744. The van der Waals surface area contributed by atoms with E-state index in [1.807, 2.05) is 13.0 Å². The van der Waals surface area contributed by atoms with Crippen LogP contribution in [0.2, 0.25) is 0 Å². The van der Waals surface area contributed by atoms with Gasteiger partial charge in [0.1, 0.15) is 22.4 Å². The lowest BCUT2D eigenvalue weighted by molar-refractivity contribution is -0.117. The predicted octanol–water partition coefficient (Wildman–Crippen LogP) is 2.63. The van der Waals surface area contributed by atoms with Crippen molar-refractivity contribution in [3.63, 3.8) is 0 Å². The topological polar surface area (TPSA) is 86.0 Å². The minimum atomic E-state index is -0.459. The summed E-state index contributed by atoms with van der Waals surface area (Å²) in [4.78, 5) is 17.4. The van der Waals surface area contributed by atoms with Gasteiger partial charge in [0.25, 0.3) is 5.91 Å². The Morgan fingerprint density at radius 1 is 1.55 bits per heavy atom. The minimum absolute atomic E-state index is 0.0159. The minimum Gasteiger partial charge on any atom is -0.508 e. The number of aromatic hydroxyl groups is 1. The first-order valence-corrected chi connectivity index (χ1v) is 7.56. The molecule has 2 rings (SSSR count). The van der Waals surface area contributed by atoms with Gasteiger partial charge in [-0.3, -0.25) is 4.79 Å². The number of amides is 1. The molecule has 0 aliphatic heterocycles. The lowest BCUT2D eigenvalue weighted by Gasteiger charge is -2.02. The van der Waals surface area contributed by atoms with Gasteiger partial charge in [0.15, 0.2) is 0 Å². The van der Waals surface area contributed by atoms with Crippen LogP contribution < -0.4 is 5.32 Å². The van der Waals surface area contributed by atoms with Crippen molar-refractivity contribution in [2.75, 3.05) is 0 Å². The molecular weight excluding hydrogens is 298 g/mol. The van der Waals surface area contributed by atoms with Crippen molar-refractivity contribution in [3.8, 4) is 11.8 Å². The summed E-state index contributed by atoms with van der Waals surface area (Å²) < 4.78 is 0. The standard InChI is InChI=1S/C16H15N3O2S/c1-2-14-9-18-15(22-14)10-19-16(21)12(8-17)6-11-4-3-5-13(20)7-11/h3-7,9,20H,2,10H2,1H3,(H,19,21)/b12-6+. The van der Waals surface area contributed by atoms with E-state index in [-0.39, 0.29) is 11.3 Å². The van der Waals surface area contributed by atoms with Crippen LogP contribution in [0.25, 0.3) is 6.08 Å². The Labute approximate surface area is 132 Å². The second-order valence-electron chi connectivity index (χ2n) is 4.52. The number of rotatable bonds is 5. The van der Waals surface area contributed by atoms with Crippen LogP contribution in [-0.4, -0.2) is 16.0 Å². The van der Waals surface area contributed by atoms with Crippen LogP contribution in [0, 0.1) is 11.3 Å². The zero-order chi connectivity index (χ0) is 15.9. The highest BCUT2D eigenvalue weighted by Gasteiger charge is 2.10. The highest BCUT2D eigenvalue weighted by Crippen LogP contribution is 2.15. The third kappa shape index (κ3) is 4.17. The van der Waals surface area contributed by atoms with Gasteiger partial charge in [-0.1, -0.05) is 19.1 Å². The molecule has 1 aromatic carbocycles. The van der Waals surface area contributed by atoms with Crippen molar-refractivity contribution in [2.24, 2.45) is 0 Å². The van der Waals surface area contributed by atoms with Crippen LogP contribution in [-0.2, 0) is 17.8 Å². The molecule has 1 aromatic heterocycles. The zero-order valence-corrected chi connectivity index (χ0v) is 12.9. The fourth-order valence-corrected chi connectivity index (χ4v) is 2.58. The van der Waals surface area contributed by atoms with Crippen LogP contribution in [0.15, 0.2) is 36.0 Å². The normalized spacial score (nSPS) is 11.0. The van der Waals surface area contributed by atoms with E-state index in [1.54, 1.807) is 18.3 Å². The van der Waals surface area contributed by atoms with Gasteiger partial charge in [0, 0.05) is 11.1 Å². The van der Waals surface area contributed by atoms with Gasteiger partial charge in [0.05, 0.1) is 6.54 Å². The second-order valence-corrected chi connectivity index (χ2v) is 5.72. The third-order valence-electron chi connectivity index (χ3n) is 2.90. The number of nitriles is 1. The predicted molar refractivity (Wildman–Crippen MR) is 85.0 cm³/mol. The smallest absolute Gasteiger partial charge is 0.262 e. The van der Waals surface area contributed by atoms with Crippen molar-refractivity contribution in [1.29, 1.82) is 5.26 Å². The fraction of sp³-hybridized carbons (Fsp3) is 0.188. The summed E-state index contributed by atoms with van der Waals surface area (Å²) in [6.07, 6.45) is 4.14. The molecule has 0 saturated carbocycles. The van der Waals surface area contributed by atoms with Gasteiger partial charge in [-0.05, 0) is 30.2 Å². The molecule has 6 heteroatoms. The summed E-state index contributed by atoms with van der Waals surface area (Å²) in [6, 6.07) is 8.24. The Morgan fingerprint density at radius 3 is 3.00 bits per heavy atom. The average Bonchev–Trinajstić information content (AvgIpc) is 2.98. The van der Waals surface area contributed by atoms with Gasteiger partial charge in [-0.15, -0.1) is 11.3 Å². The molecule has 0 saturated heterocycles. The largest absolute Gasteiger partial charge is 0.508 e. The van der Waals surface area contributed by atoms with Crippen LogP contribution in [0.4, 0.5) is 0 Å². The highest BCUT2D eigenvalue weighted by atomic mass is 32.1. The number of thiazole rings is 1. The van der Waals surface area contributed by atoms with Crippen molar-refractivity contribution >= 4 is 23.3 Å². The summed E-state index contributed by atoms with van der Waals surface area (Å²) in [5.41, 5.74) is 0.576.